The lowest BCUT2D eigenvalue weighted by Gasteiger charge is -2.23. The van der Waals surface area contributed by atoms with Crippen LogP contribution in [0.25, 0.3) is 0 Å². The third kappa shape index (κ3) is 2.81. The van der Waals surface area contributed by atoms with Gasteiger partial charge in [-0.1, -0.05) is 30.3 Å². The van der Waals surface area contributed by atoms with Crippen molar-refractivity contribution >= 4 is 11.7 Å². The number of amides is 2. The SMILES string of the molecule is CCc1nc(C2CCCN2C(=O)Nc2ccccc2C)no1. The Morgan fingerprint density at radius 1 is 1.45 bits per heavy atom. The second-order valence-corrected chi connectivity index (χ2v) is 5.50. The second kappa shape index (κ2) is 6.17. The number of nitrogens with zero attached hydrogens (tertiary/aromatic N) is 3. The van der Waals surface area contributed by atoms with Crippen LogP contribution in [0.15, 0.2) is 28.8 Å². The van der Waals surface area contributed by atoms with Crippen LogP contribution in [0, 0.1) is 6.92 Å². The van der Waals surface area contributed by atoms with Gasteiger partial charge in [-0.3, -0.25) is 0 Å². The van der Waals surface area contributed by atoms with Crippen molar-refractivity contribution in [3.8, 4) is 0 Å². The average Bonchev–Trinajstić information content (AvgIpc) is 3.17. The number of anilines is 1. The maximum absolute atomic E-state index is 12.6. The van der Waals surface area contributed by atoms with Crippen LogP contribution < -0.4 is 5.32 Å². The minimum atomic E-state index is -0.111. The molecule has 0 bridgehead atoms. The third-order valence-electron chi connectivity index (χ3n) is 3.98. The number of rotatable bonds is 3. The van der Waals surface area contributed by atoms with Crippen LogP contribution in [0.5, 0.6) is 0 Å². The van der Waals surface area contributed by atoms with Crippen molar-refractivity contribution in [1.29, 1.82) is 0 Å². The molecule has 1 aliphatic heterocycles. The van der Waals surface area contributed by atoms with Crippen LogP contribution >= 0.6 is 0 Å². The maximum atomic E-state index is 12.6. The number of carbonyl (C=O) groups is 1. The summed E-state index contributed by atoms with van der Waals surface area (Å²) in [6.07, 6.45) is 2.51. The van der Waals surface area contributed by atoms with E-state index in [1.165, 1.54) is 0 Å². The third-order valence-corrected chi connectivity index (χ3v) is 3.98. The van der Waals surface area contributed by atoms with Gasteiger partial charge in [-0.2, -0.15) is 4.98 Å². The Balaban J connectivity index is 1.75. The van der Waals surface area contributed by atoms with Crippen LogP contribution in [0.3, 0.4) is 0 Å². The lowest BCUT2D eigenvalue weighted by atomic mass is 10.2. The molecule has 6 heteroatoms. The average molecular weight is 300 g/mol. The molecule has 1 fully saturated rings. The summed E-state index contributed by atoms with van der Waals surface area (Å²) in [5.41, 5.74) is 1.87. The molecule has 1 aliphatic rings. The van der Waals surface area contributed by atoms with Gasteiger partial charge in [0.25, 0.3) is 0 Å². The molecule has 2 aromatic rings. The number of benzene rings is 1. The first-order chi connectivity index (χ1) is 10.7. The highest BCUT2D eigenvalue weighted by Gasteiger charge is 2.33. The highest BCUT2D eigenvalue weighted by Crippen LogP contribution is 2.31. The molecule has 6 nitrogen and oxygen atoms in total. The van der Waals surface area contributed by atoms with Crippen LogP contribution in [0.1, 0.15) is 43.1 Å². The number of urea groups is 1. The molecular weight excluding hydrogens is 280 g/mol. The molecule has 0 saturated carbocycles. The summed E-state index contributed by atoms with van der Waals surface area (Å²) in [6, 6.07) is 7.53. The van der Waals surface area contributed by atoms with E-state index in [2.05, 4.69) is 15.5 Å². The normalized spacial score (nSPS) is 17.7. The molecule has 0 radical (unpaired) electrons. The molecule has 3 rings (SSSR count). The zero-order valence-electron chi connectivity index (χ0n) is 12.9. The van der Waals surface area contributed by atoms with E-state index in [-0.39, 0.29) is 12.1 Å². The van der Waals surface area contributed by atoms with Crippen LogP contribution in [-0.4, -0.2) is 27.6 Å². The van der Waals surface area contributed by atoms with E-state index in [9.17, 15) is 4.79 Å². The van der Waals surface area contributed by atoms with Crippen molar-refractivity contribution in [2.75, 3.05) is 11.9 Å². The fraction of sp³-hybridized carbons (Fsp3) is 0.438. The van der Waals surface area contributed by atoms with E-state index in [1.807, 2.05) is 38.1 Å². The summed E-state index contributed by atoms with van der Waals surface area (Å²) >= 11 is 0. The fourth-order valence-electron chi connectivity index (χ4n) is 2.73. The molecule has 0 aliphatic carbocycles. The van der Waals surface area contributed by atoms with Crippen molar-refractivity contribution in [3.63, 3.8) is 0 Å². The summed E-state index contributed by atoms with van der Waals surface area (Å²) < 4.78 is 5.17. The minimum Gasteiger partial charge on any atom is -0.339 e. The molecule has 1 aromatic heterocycles. The molecule has 2 heterocycles. The van der Waals surface area contributed by atoms with E-state index in [4.69, 9.17) is 4.52 Å². The van der Waals surface area contributed by atoms with Gasteiger partial charge in [0, 0.05) is 18.7 Å². The molecule has 116 valence electrons. The zero-order valence-corrected chi connectivity index (χ0v) is 12.9. The quantitative estimate of drug-likeness (QED) is 0.944. The maximum Gasteiger partial charge on any atom is 0.322 e. The number of aryl methyl sites for hydroxylation is 2. The predicted octanol–water partition coefficient (Wildman–Crippen LogP) is 3.31. The van der Waals surface area contributed by atoms with E-state index < -0.39 is 0 Å². The molecule has 1 atom stereocenters. The molecule has 0 spiro atoms. The first-order valence-corrected chi connectivity index (χ1v) is 7.64. The Kier molecular flexibility index (Phi) is 4.09. The second-order valence-electron chi connectivity index (χ2n) is 5.50. The Morgan fingerprint density at radius 2 is 2.27 bits per heavy atom. The summed E-state index contributed by atoms with van der Waals surface area (Å²) in [4.78, 5) is 18.7. The van der Waals surface area contributed by atoms with E-state index >= 15 is 0 Å². The van der Waals surface area contributed by atoms with Crippen LogP contribution in [0.4, 0.5) is 10.5 Å². The Labute approximate surface area is 129 Å². The fourth-order valence-corrected chi connectivity index (χ4v) is 2.73. The van der Waals surface area contributed by atoms with Gasteiger partial charge < -0.3 is 14.7 Å². The number of hydrogen-bond acceptors (Lipinski definition) is 4. The van der Waals surface area contributed by atoms with Crippen molar-refractivity contribution < 1.29 is 9.32 Å². The number of nitrogens with one attached hydrogen (secondary N) is 1. The summed E-state index contributed by atoms with van der Waals surface area (Å²) in [5.74, 6) is 1.22. The van der Waals surface area contributed by atoms with E-state index in [1.54, 1.807) is 4.90 Å². The van der Waals surface area contributed by atoms with Crippen molar-refractivity contribution in [1.82, 2.24) is 15.0 Å². The lowest BCUT2D eigenvalue weighted by molar-refractivity contribution is 0.204. The molecular formula is C16H20N4O2. The molecule has 1 unspecified atom stereocenters. The number of likely N-dealkylation sites (tertiary alicyclic amines) is 1. The number of para-hydroxylation sites is 1. The largest absolute Gasteiger partial charge is 0.339 e. The molecule has 1 N–H and O–H groups in total. The molecule has 1 saturated heterocycles. The number of hydrogen-bond donors (Lipinski definition) is 1. The van der Waals surface area contributed by atoms with Crippen molar-refractivity contribution in [2.24, 2.45) is 0 Å². The smallest absolute Gasteiger partial charge is 0.322 e. The first-order valence-electron chi connectivity index (χ1n) is 7.64. The predicted molar refractivity (Wildman–Crippen MR) is 82.6 cm³/mol. The zero-order chi connectivity index (χ0) is 15.5. The van der Waals surface area contributed by atoms with Gasteiger partial charge in [-0.05, 0) is 31.4 Å². The Hall–Kier alpha value is -2.37. The van der Waals surface area contributed by atoms with Crippen molar-refractivity contribution in [2.45, 2.75) is 39.2 Å². The van der Waals surface area contributed by atoms with Gasteiger partial charge in [0.05, 0.1) is 6.04 Å². The van der Waals surface area contributed by atoms with E-state index in [0.29, 0.717) is 24.7 Å². The summed E-state index contributed by atoms with van der Waals surface area (Å²) in [7, 11) is 0. The Bertz CT molecular complexity index is 668. The van der Waals surface area contributed by atoms with Crippen molar-refractivity contribution in [3.05, 3.63) is 41.5 Å². The highest BCUT2D eigenvalue weighted by molar-refractivity contribution is 5.90. The monoisotopic (exact) mass is 300 g/mol. The first kappa shape index (κ1) is 14.6. The number of aromatic nitrogens is 2. The Morgan fingerprint density at radius 3 is 3.00 bits per heavy atom. The highest BCUT2D eigenvalue weighted by atomic mass is 16.5. The topological polar surface area (TPSA) is 71.3 Å². The van der Waals surface area contributed by atoms with Gasteiger partial charge in [0.2, 0.25) is 5.89 Å². The van der Waals surface area contributed by atoms with Gasteiger partial charge in [-0.25, -0.2) is 4.79 Å². The molecule has 2 amide bonds. The van der Waals surface area contributed by atoms with E-state index in [0.717, 1.165) is 24.1 Å². The molecule has 22 heavy (non-hydrogen) atoms. The lowest BCUT2D eigenvalue weighted by Crippen LogP contribution is -2.35. The molecule has 1 aromatic carbocycles. The summed E-state index contributed by atoms with van der Waals surface area (Å²) in [5, 5.41) is 6.99. The standard InChI is InChI=1S/C16H20N4O2/c1-3-14-18-15(19-22-14)13-9-6-10-20(13)16(21)17-12-8-5-4-7-11(12)2/h4-5,7-8,13H,3,6,9-10H2,1-2H3,(H,17,21). The van der Waals surface area contributed by atoms with Crippen LogP contribution in [0.2, 0.25) is 0 Å². The van der Waals surface area contributed by atoms with Gasteiger partial charge in [0.15, 0.2) is 5.82 Å². The van der Waals surface area contributed by atoms with Gasteiger partial charge >= 0.3 is 6.03 Å². The van der Waals surface area contributed by atoms with Crippen LogP contribution in [-0.2, 0) is 6.42 Å². The van der Waals surface area contributed by atoms with Gasteiger partial charge in [0.1, 0.15) is 0 Å². The minimum absolute atomic E-state index is 0.104. The summed E-state index contributed by atoms with van der Waals surface area (Å²) in [6.45, 7) is 4.65. The number of carbonyl (C=O) groups excluding carboxylic acids is 1. The van der Waals surface area contributed by atoms with Gasteiger partial charge in [-0.15, -0.1) is 0 Å².